The Kier molecular flexibility index (Phi) is 3.97. The predicted octanol–water partition coefficient (Wildman–Crippen LogP) is 5.45. The first-order valence-corrected chi connectivity index (χ1v) is 7.40. The molecule has 0 saturated carbocycles. The molecule has 0 spiro atoms. The number of benzene rings is 2. The van der Waals surface area contributed by atoms with Crippen LogP contribution >= 0.6 is 23.4 Å². The van der Waals surface area contributed by atoms with Crippen molar-refractivity contribution in [3.8, 4) is 0 Å². The molecule has 0 saturated heterocycles. The Morgan fingerprint density at radius 1 is 0.955 bits per heavy atom. The number of alkyl halides is 3. The van der Waals surface area contributed by atoms with E-state index in [1.807, 2.05) is 18.2 Å². The second-order valence-corrected chi connectivity index (χ2v) is 5.93. The minimum atomic E-state index is -4.60. The molecule has 0 N–H and O–H groups in total. The average Bonchev–Trinajstić information content (AvgIpc) is 2.47. The molecule has 0 aliphatic carbocycles. The second kappa shape index (κ2) is 5.78. The number of hydrogen-bond donors (Lipinski definition) is 0. The van der Waals surface area contributed by atoms with Crippen molar-refractivity contribution in [2.75, 3.05) is 0 Å². The SMILES string of the molecule is FC(F)(F)c1nc(Sc2ccccc2)c2cc(Cl)ccc2n1. The third-order valence-corrected chi connectivity index (χ3v) is 4.08. The van der Waals surface area contributed by atoms with Gasteiger partial charge >= 0.3 is 6.18 Å². The first-order chi connectivity index (χ1) is 10.4. The zero-order valence-electron chi connectivity index (χ0n) is 10.9. The average molecular weight is 341 g/mol. The van der Waals surface area contributed by atoms with Gasteiger partial charge in [-0.05, 0) is 30.3 Å². The van der Waals surface area contributed by atoms with Gasteiger partial charge in [0.05, 0.1) is 5.52 Å². The summed E-state index contributed by atoms with van der Waals surface area (Å²) >= 11 is 7.08. The van der Waals surface area contributed by atoms with Gasteiger partial charge in [0.2, 0.25) is 5.82 Å². The van der Waals surface area contributed by atoms with Gasteiger partial charge in [0.15, 0.2) is 0 Å². The van der Waals surface area contributed by atoms with Crippen LogP contribution in [-0.2, 0) is 6.18 Å². The number of fused-ring (bicyclic) bond motifs is 1. The van der Waals surface area contributed by atoms with E-state index in [4.69, 9.17) is 11.6 Å². The first kappa shape index (κ1) is 15.1. The van der Waals surface area contributed by atoms with Crippen LogP contribution in [0.15, 0.2) is 58.5 Å². The number of aromatic nitrogens is 2. The quantitative estimate of drug-likeness (QED) is 0.580. The molecule has 0 unspecified atom stereocenters. The van der Waals surface area contributed by atoms with Gasteiger partial charge in [0.1, 0.15) is 5.03 Å². The van der Waals surface area contributed by atoms with Gasteiger partial charge in [0, 0.05) is 15.3 Å². The van der Waals surface area contributed by atoms with Crippen molar-refractivity contribution < 1.29 is 13.2 Å². The molecule has 2 nitrogen and oxygen atoms in total. The lowest BCUT2D eigenvalue weighted by atomic mass is 10.2. The Morgan fingerprint density at radius 2 is 1.68 bits per heavy atom. The van der Waals surface area contributed by atoms with Crippen molar-refractivity contribution in [1.82, 2.24) is 9.97 Å². The summed E-state index contributed by atoms with van der Waals surface area (Å²) in [6, 6.07) is 13.6. The monoisotopic (exact) mass is 340 g/mol. The topological polar surface area (TPSA) is 25.8 Å². The zero-order chi connectivity index (χ0) is 15.7. The molecule has 22 heavy (non-hydrogen) atoms. The lowest BCUT2D eigenvalue weighted by Gasteiger charge is -2.10. The predicted molar refractivity (Wildman–Crippen MR) is 80.1 cm³/mol. The highest BCUT2D eigenvalue weighted by Gasteiger charge is 2.35. The van der Waals surface area contributed by atoms with E-state index >= 15 is 0 Å². The molecule has 0 fully saturated rings. The van der Waals surface area contributed by atoms with Crippen LogP contribution in [0.4, 0.5) is 13.2 Å². The van der Waals surface area contributed by atoms with Crippen LogP contribution in [0.2, 0.25) is 5.02 Å². The van der Waals surface area contributed by atoms with E-state index in [0.29, 0.717) is 10.4 Å². The highest BCUT2D eigenvalue weighted by molar-refractivity contribution is 7.99. The van der Waals surface area contributed by atoms with E-state index in [2.05, 4.69) is 9.97 Å². The summed E-state index contributed by atoms with van der Waals surface area (Å²) in [5.74, 6) is -1.15. The maximum atomic E-state index is 13.0. The van der Waals surface area contributed by atoms with E-state index in [-0.39, 0.29) is 10.5 Å². The third kappa shape index (κ3) is 3.18. The van der Waals surface area contributed by atoms with Crippen LogP contribution in [0.1, 0.15) is 5.82 Å². The van der Waals surface area contributed by atoms with Crippen molar-refractivity contribution in [1.29, 1.82) is 0 Å². The zero-order valence-corrected chi connectivity index (χ0v) is 12.5. The standard InChI is InChI=1S/C15H8ClF3N2S/c16-9-6-7-12-11(8-9)13(21-14(20-12)15(17,18)19)22-10-4-2-1-3-5-10/h1-8H. The largest absolute Gasteiger partial charge is 0.451 e. The molecular weight excluding hydrogens is 333 g/mol. The number of halogens is 4. The van der Waals surface area contributed by atoms with Gasteiger partial charge in [-0.1, -0.05) is 41.6 Å². The summed E-state index contributed by atoms with van der Waals surface area (Å²) in [4.78, 5) is 8.05. The summed E-state index contributed by atoms with van der Waals surface area (Å²) in [5, 5.41) is 1.14. The summed E-state index contributed by atoms with van der Waals surface area (Å²) in [6.45, 7) is 0. The van der Waals surface area contributed by atoms with E-state index in [0.717, 1.165) is 16.7 Å². The Labute approximate surface area is 133 Å². The summed E-state index contributed by atoms with van der Waals surface area (Å²) in [5.41, 5.74) is 0.213. The summed E-state index contributed by atoms with van der Waals surface area (Å²) in [6.07, 6.45) is -4.60. The fourth-order valence-corrected chi connectivity index (χ4v) is 2.97. The van der Waals surface area contributed by atoms with Gasteiger partial charge in [-0.3, -0.25) is 0 Å². The second-order valence-electron chi connectivity index (χ2n) is 4.43. The molecule has 1 heterocycles. The highest BCUT2D eigenvalue weighted by Crippen LogP contribution is 2.35. The maximum Gasteiger partial charge on any atom is 0.451 e. The molecule has 0 atom stereocenters. The first-order valence-electron chi connectivity index (χ1n) is 6.21. The fourth-order valence-electron chi connectivity index (χ4n) is 1.88. The normalized spacial score (nSPS) is 11.8. The molecule has 0 amide bonds. The van der Waals surface area contributed by atoms with Gasteiger partial charge in [-0.25, -0.2) is 9.97 Å². The van der Waals surface area contributed by atoms with E-state index < -0.39 is 12.0 Å². The number of hydrogen-bond acceptors (Lipinski definition) is 3. The molecule has 3 aromatic rings. The Balaban J connectivity index is 2.18. The smallest absolute Gasteiger partial charge is 0.224 e. The molecule has 7 heteroatoms. The Bertz CT molecular complexity index is 822. The third-order valence-electron chi connectivity index (χ3n) is 2.83. The Hall–Kier alpha value is -1.79. The van der Waals surface area contributed by atoms with Crippen molar-refractivity contribution in [2.45, 2.75) is 16.1 Å². The summed E-state index contributed by atoms with van der Waals surface area (Å²) in [7, 11) is 0. The van der Waals surface area contributed by atoms with Crippen LogP contribution in [0, 0.1) is 0 Å². The van der Waals surface area contributed by atoms with Crippen LogP contribution in [0.25, 0.3) is 10.9 Å². The summed E-state index contributed by atoms with van der Waals surface area (Å²) < 4.78 is 38.9. The van der Waals surface area contributed by atoms with Crippen molar-refractivity contribution in [3.05, 3.63) is 59.4 Å². The number of rotatable bonds is 2. The molecule has 2 aromatic carbocycles. The maximum absolute atomic E-state index is 13.0. The van der Waals surface area contributed by atoms with Gasteiger partial charge in [-0.2, -0.15) is 13.2 Å². The Morgan fingerprint density at radius 3 is 2.36 bits per heavy atom. The highest BCUT2D eigenvalue weighted by atomic mass is 35.5. The molecule has 1 aromatic heterocycles. The molecule has 0 bridgehead atoms. The molecule has 3 rings (SSSR count). The van der Waals surface area contributed by atoms with E-state index in [1.54, 1.807) is 18.2 Å². The molecule has 112 valence electrons. The lowest BCUT2D eigenvalue weighted by molar-refractivity contribution is -0.145. The minimum absolute atomic E-state index is 0.213. The molecule has 0 radical (unpaired) electrons. The van der Waals surface area contributed by atoms with Crippen LogP contribution < -0.4 is 0 Å². The fraction of sp³-hybridized carbons (Fsp3) is 0.0667. The van der Waals surface area contributed by atoms with Crippen LogP contribution in [-0.4, -0.2) is 9.97 Å². The minimum Gasteiger partial charge on any atom is -0.224 e. The number of nitrogens with zero attached hydrogens (tertiary/aromatic N) is 2. The molecular formula is C15H8ClF3N2S. The molecule has 0 aliphatic heterocycles. The van der Waals surface area contributed by atoms with Crippen molar-refractivity contribution in [3.63, 3.8) is 0 Å². The van der Waals surface area contributed by atoms with Gasteiger partial charge < -0.3 is 0 Å². The van der Waals surface area contributed by atoms with Crippen LogP contribution in [0.5, 0.6) is 0 Å². The lowest BCUT2D eigenvalue weighted by Crippen LogP contribution is -2.11. The van der Waals surface area contributed by atoms with Crippen molar-refractivity contribution >= 4 is 34.3 Å². The van der Waals surface area contributed by atoms with E-state index in [1.165, 1.54) is 12.1 Å². The van der Waals surface area contributed by atoms with Gasteiger partial charge in [-0.15, -0.1) is 0 Å². The van der Waals surface area contributed by atoms with E-state index in [9.17, 15) is 13.2 Å². The van der Waals surface area contributed by atoms with Crippen molar-refractivity contribution in [2.24, 2.45) is 0 Å². The molecule has 0 aliphatic rings. The van der Waals surface area contributed by atoms with Crippen LogP contribution in [0.3, 0.4) is 0 Å². The van der Waals surface area contributed by atoms with Gasteiger partial charge in [0.25, 0.3) is 0 Å².